The number of azo groups is 2. The SMILES string of the molecule is Nc1ccc(S(=O)(=O)O)c2ccc(N=Nc3ccc(-c4ccc(N=Nc5ccc6c(S(=O)(=O)O)ccc(N)c6c5O)c(C(=O)O)c4)cc3C(=O)O)c(O)c12. The van der Waals surface area contributed by atoms with E-state index in [1.807, 2.05) is 0 Å². The molecule has 0 amide bonds. The highest BCUT2D eigenvalue weighted by atomic mass is 32.2. The second-order valence-electron chi connectivity index (χ2n) is 11.4. The quantitative estimate of drug-likeness (QED) is 0.0418. The number of phenols is 2. The van der Waals surface area contributed by atoms with Gasteiger partial charge < -0.3 is 31.9 Å². The minimum atomic E-state index is -4.68. The van der Waals surface area contributed by atoms with Gasteiger partial charge in [-0.15, -0.1) is 20.5 Å². The second kappa shape index (κ2) is 13.5. The van der Waals surface area contributed by atoms with Gasteiger partial charge in [0.25, 0.3) is 20.2 Å². The molecule has 0 radical (unpaired) electrons. The van der Waals surface area contributed by atoms with E-state index in [4.69, 9.17) is 11.5 Å². The first-order chi connectivity index (χ1) is 25.4. The molecule has 0 unspecified atom stereocenters. The number of carbonyl (C=O) groups is 2. The smallest absolute Gasteiger partial charge is 0.337 e. The maximum Gasteiger partial charge on any atom is 0.337 e. The van der Waals surface area contributed by atoms with Crippen molar-refractivity contribution >= 4 is 87.8 Å². The van der Waals surface area contributed by atoms with Crippen LogP contribution in [0, 0.1) is 0 Å². The lowest BCUT2D eigenvalue weighted by molar-refractivity contribution is 0.0686. The van der Waals surface area contributed by atoms with E-state index >= 15 is 0 Å². The molecule has 20 heteroatoms. The van der Waals surface area contributed by atoms with E-state index in [0.717, 1.165) is 24.3 Å². The standard InChI is InChI=1S/C34H24N6O12S2/c35-21-5-11-27(53(47,48)49)17-3-9-25(31(41)29(17)21)39-37-23-7-1-15(13-19(23)33(43)44)16-2-8-24(20(14-16)34(45)46)38-40-26-10-4-18-28(54(50,51)52)12-6-22(36)30(18)32(26)42/h1-14,41-42H,35-36H2,(H,43,44)(H,45,46)(H,47,48,49)(H,50,51,52). The van der Waals surface area contributed by atoms with Gasteiger partial charge in [0.05, 0.1) is 21.9 Å². The van der Waals surface area contributed by atoms with E-state index in [9.17, 15) is 56.0 Å². The van der Waals surface area contributed by atoms with Crippen LogP contribution in [0.25, 0.3) is 32.7 Å². The van der Waals surface area contributed by atoms with Crippen LogP contribution in [0.15, 0.2) is 115 Å². The number of nitrogens with zero attached hydrogens (tertiary/aromatic N) is 4. The molecule has 6 aromatic carbocycles. The Labute approximate surface area is 303 Å². The predicted octanol–water partition coefficient (Wildman–Crippen LogP) is 6.96. The summed E-state index contributed by atoms with van der Waals surface area (Å²) in [7, 11) is -9.35. The zero-order valence-electron chi connectivity index (χ0n) is 27.0. The molecule has 274 valence electrons. The van der Waals surface area contributed by atoms with E-state index < -0.39 is 53.5 Å². The summed E-state index contributed by atoms with van der Waals surface area (Å²) in [6.45, 7) is 0. The minimum absolute atomic E-state index is 0.0374. The van der Waals surface area contributed by atoms with Gasteiger partial charge in [-0.25, -0.2) is 9.59 Å². The normalized spacial score (nSPS) is 12.3. The maximum atomic E-state index is 12.2. The van der Waals surface area contributed by atoms with Gasteiger partial charge in [-0.05, 0) is 71.8 Å². The summed E-state index contributed by atoms with van der Waals surface area (Å²) >= 11 is 0. The molecule has 18 nitrogen and oxygen atoms in total. The van der Waals surface area contributed by atoms with Crippen LogP contribution in [0.5, 0.6) is 11.5 Å². The van der Waals surface area contributed by atoms with Gasteiger partial charge in [-0.1, -0.05) is 24.3 Å². The number of anilines is 2. The Hall–Kier alpha value is -7.00. The van der Waals surface area contributed by atoms with E-state index in [0.29, 0.717) is 0 Å². The molecular formula is C34H24N6O12S2. The summed E-state index contributed by atoms with van der Waals surface area (Å²) in [5.74, 6) is -4.03. The van der Waals surface area contributed by atoms with Crippen LogP contribution in [0.3, 0.4) is 0 Å². The van der Waals surface area contributed by atoms with Gasteiger partial charge in [0, 0.05) is 22.1 Å². The van der Waals surface area contributed by atoms with Crippen LogP contribution >= 0.6 is 0 Å². The lowest BCUT2D eigenvalue weighted by atomic mass is 9.99. The van der Waals surface area contributed by atoms with E-state index in [1.54, 1.807) is 0 Å². The molecule has 0 saturated heterocycles. The first kappa shape index (κ1) is 36.8. The van der Waals surface area contributed by atoms with Crippen LogP contribution in [0.2, 0.25) is 0 Å². The van der Waals surface area contributed by atoms with Crippen molar-refractivity contribution in [2.75, 3.05) is 11.5 Å². The molecular weight excluding hydrogens is 749 g/mol. The highest BCUT2D eigenvalue weighted by Gasteiger charge is 2.21. The van der Waals surface area contributed by atoms with E-state index in [-0.39, 0.29) is 77.9 Å². The van der Waals surface area contributed by atoms with Gasteiger partial charge in [0.15, 0.2) is 11.5 Å². The fourth-order valence-electron chi connectivity index (χ4n) is 5.61. The Morgan fingerprint density at radius 1 is 0.500 bits per heavy atom. The van der Waals surface area contributed by atoms with Crippen molar-refractivity contribution in [3.8, 4) is 22.6 Å². The van der Waals surface area contributed by atoms with Crippen LogP contribution in [0.1, 0.15) is 20.7 Å². The number of phenolic OH excluding ortho intramolecular Hbond substituents is 2. The predicted molar refractivity (Wildman–Crippen MR) is 194 cm³/mol. The Kier molecular flexibility index (Phi) is 9.21. The van der Waals surface area contributed by atoms with Crippen LogP contribution < -0.4 is 11.5 Å². The van der Waals surface area contributed by atoms with Crippen molar-refractivity contribution < 1.29 is 56.0 Å². The number of hydrogen-bond acceptors (Lipinski definition) is 14. The summed E-state index contributed by atoms with van der Waals surface area (Å²) in [6, 6.07) is 17.1. The summed E-state index contributed by atoms with van der Waals surface area (Å²) in [6.07, 6.45) is 0. The summed E-state index contributed by atoms with van der Waals surface area (Å²) in [5, 5.41) is 56.9. The number of rotatable bonds is 9. The third kappa shape index (κ3) is 6.82. The maximum absolute atomic E-state index is 12.2. The van der Waals surface area contributed by atoms with Crippen LogP contribution in [0.4, 0.5) is 34.1 Å². The molecule has 0 aliphatic rings. The summed E-state index contributed by atoms with van der Waals surface area (Å²) in [5.41, 5.74) is 10.8. The first-order valence-electron chi connectivity index (χ1n) is 15.0. The fraction of sp³-hybridized carbons (Fsp3) is 0. The largest absolute Gasteiger partial charge is 0.505 e. The van der Waals surface area contributed by atoms with Crippen molar-refractivity contribution in [3.63, 3.8) is 0 Å². The molecule has 0 aromatic heterocycles. The lowest BCUT2D eigenvalue weighted by Gasteiger charge is -2.10. The molecule has 0 spiro atoms. The number of nitrogens with two attached hydrogens (primary N) is 2. The fourth-order valence-corrected chi connectivity index (χ4v) is 6.98. The number of benzene rings is 6. The average molecular weight is 773 g/mol. The lowest BCUT2D eigenvalue weighted by Crippen LogP contribution is -2.00. The molecule has 0 atom stereocenters. The number of nitrogen functional groups attached to an aromatic ring is 2. The molecule has 0 fully saturated rings. The monoisotopic (exact) mass is 772 g/mol. The molecule has 0 aliphatic carbocycles. The average Bonchev–Trinajstić information content (AvgIpc) is 3.10. The Bertz CT molecular complexity index is 2700. The zero-order chi connectivity index (χ0) is 39.3. The Balaban J connectivity index is 1.34. The third-order valence-corrected chi connectivity index (χ3v) is 9.95. The number of fused-ring (bicyclic) bond motifs is 2. The number of carboxylic acid groups (broad SMARTS) is 2. The first-order valence-corrected chi connectivity index (χ1v) is 17.9. The van der Waals surface area contributed by atoms with Gasteiger partial charge in [-0.2, -0.15) is 16.8 Å². The molecule has 54 heavy (non-hydrogen) atoms. The zero-order valence-corrected chi connectivity index (χ0v) is 28.6. The molecule has 10 N–H and O–H groups in total. The highest BCUT2D eigenvalue weighted by molar-refractivity contribution is 7.86. The number of aromatic hydroxyl groups is 2. The van der Waals surface area contributed by atoms with Gasteiger partial charge in [-0.3, -0.25) is 9.11 Å². The topological polar surface area (TPSA) is 325 Å². The summed E-state index contributed by atoms with van der Waals surface area (Å²) in [4.78, 5) is 23.5. The summed E-state index contributed by atoms with van der Waals surface area (Å²) < 4.78 is 66.3. The molecule has 6 aromatic rings. The third-order valence-electron chi connectivity index (χ3n) is 8.12. The van der Waals surface area contributed by atoms with E-state index in [1.165, 1.54) is 60.7 Å². The van der Waals surface area contributed by atoms with Crippen molar-refractivity contribution in [3.05, 3.63) is 96.1 Å². The minimum Gasteiger partial charge on any atom is -0.505 e. The van der Waals surface area contributed by atoms with Gasteiger partial charge >= 0.3 is 11.9 Å². The Morgan fingerprint density at radius 2 is 0.833 bits per heavy atom. The number of aromatic carboxylic acids is 2. The van der Waals surface area contributed by atoms with E-state index in [2.05, 4.69) is 20.5 Å². The number of hydrogen-bond donors (Lipinski definition) is 8. The molecule has 0 saturated carbocycles. The molecule has 0 bridgehead atoms. The Morgan fingerprint density at radius 3 is 1.17 bits per heavy atom. The molecule has 6 rings (SSSR count). The van der Waals surface area contributed by atoms with Crippen molar-refractivity contribution in [1.29, 1.82) is 0 Å². The van der Waals surface area contributed by atoms with Crippen molar-refractivity contribution in [1.82, 2.24) is 0 Å². The van der Waals surface area contributed by atoms with Gasteiger partial charge in [0.2, 0.25) is 0 Å². The highest BCUT2D eigenvalue weighted by Crippen LogP contribution is 2.43. The molecule has 0 heterocycles. The van der Waals surface area contributed by atoms with Crippen molar-refractivity contribution in [2.45, 2.75) is 9.79 Å². The van der Waals surface area contributed by atoms with Crippen molar-refractivity contribution in [2.24, 2.45) is 20.5 Å². The molecule has 0 aliphatic heterocycles. The van der Waals surface area contributed by atoms with Crippen LogP contribution in [-0.4, -0.2) is 58.3 Å². The van der Waals surface area contributed by atoms with Gasteiger partial charge in [0.1, 0.15) is 32.5 Å². The second-order valence-corrected chi connectivity index (χ2v) is 14.2. The number of carboxylic acids is 2. The van der Waals surface area contributed by atoms with Crippen LogP contribution in [-0.2, 0) is 20.2 Å².